The number of nitrogens with two attached hydrogens (primary N) is 1. The summed E-state index contributed by atoms with van der Waals surface area (Å²) in [5.41, 5.74) is 8.70. The lowest BCUT2D eigenvalue weighted by Gasteiger charge is -2.36. The average molecular weight is 335 g/mol. The Morgan fingerprint density at radius 2 is 1.86 bits per heavy atom. The van der Waals surface area contributed by atoms with Crippen LogP contribution in [0, 0.1) is 0 Å². The maximum atomic E-state index is 6.28. The van der Waals surface area contributed by atoms with Crippen molar-refractivity contribution in [1.82, 2.24) is 4.90 Å². The highest BCUT2D eigenvalue weighted by Gasteiger charge is 2.26. The summed E-state index contributed by atoms with van der Waals surface area (Å²) in [6.07, 6.45) is 0.999. The number of likely N-dealkylation sites (tertiary alicyclic amines) is 1. The summed E-state index contributed by atoms with van der Waals surface area (Å²) in [6, 6.07) is 16.3. The molecule has 3 rings (SSSR count). The molecule has 0 aromatic heterocycles. The third kappa shape index (κ3) is 3.82. The third-order valence-electron chi connectivity index (χ3n) is 4.23. The minimum Gasteiger partial charge on any atom is -0.327 e. The van der Waals surface area contributed by atoms with E-state index in [1.54, 1.807) is 0 Å². The van der Waals surface area contributed by atoms with Crippen molar-refractivity contribution in [2.45, 2.75) is 24.9 Å². The fourth-order valence-electron chi connectivity index (χ4n) is 3.23. The van der Waals surface area contributed by atoms with Crippen LogP contribution in [0.1, 0.15) is 23.5 Å². The Hall–Kier alpha value is -1.06. The van der Waals surface area contributed by atoms with Gasteiger partial charge in [-0.2, -0.15) is 0 Å². The second-order valence-electron chi connectivity index (χ2n) is 6.03. The standard InChI is InChI=1S/C18H20Cl2N2/c19-16-6-3-5-13(8-16)15-9-17(21)12-22(11-15)10-14-4-1-2-7-18(14)20/h1-8,15,17H,9-12,21H2. The Bertz CT molecular complexity index is 644. The first-order chi connectivity index (χ1) is 10.6. The van der Waals surface area contributed by atoms with Gasteiger partial charge in [0.25, 0.3) is 0 Å². The van der Waals surface area contributed by atoms with Crippen molar-refractivity contribution in [3.8, 4) is 0 Å². The van der Waals surface area contributed by atoms with Gasteiger partial charge in [0.2, 0.25) is 0 Å². The van der Waals surface area contributed by atoms with Crippen molar-refractivity contribution >= 4 is 23.2 Å². The molecule has 4 heteroatoms. The predicted octanol–water partition coefficient (Wildman–Crippen LogP) is 4.31. The minimum atomic E-state index is 0.181. The molecule has 1 fully saturated rings. The Balaban J connectivity index is 1.75. The topological polar surface area (TPSA) is 29.3 Å². The van der Waals surface area contributed by atoms with Crippen LogP contribution in [0.3, 0.4) is 0 Å². The summed E-state index contributed by atoms with van der Waals surface area (Å²) >= 11 is 12.4. The number of halogens is 2. The van der Waals surface area contributed by atoms with Crippen LogP contribution < -0.4 is 5.73 Å². The van der Waals surface area contributed by atoms with Crippen LogP contribution in [0.25, 0.3) is 0 Å². The monoisotopic (exact) mass is 334 g/mol. The number of nitrogens with zero attached hydrogens (tertiary/aromatic N) is 1. The van der Waals surface area contributed by atoms with E-state index < -0.39 is 0 Å². The molecule has 2 nitrogen and oxygen atoms in total. The first kappa shape index (κ1) is 15.8. The quantitative estimate of drug-likeness (QED) is 0.906. The van der Waals surface area contributed by atoms with Crippen LogP contribution in [0.5, 0.6) is 0 Å². The van der Waals surface area contributed by atoms with Crippen molar-refractivity contribution in [3.05, 3.63) is 69.7 Å². The summed E-state index contributed by atoms with van der Waals surface area (Å²) < 4.78 is 0. The summed E-state index contributed by atoms with van der Waals surface area (Å²) in [5.74, 6) is 0.421. The zero-order valence-electron chi connectivity index (χ0n) is 12.4. The van der Waals surface area contributed by atoms with Crippen molar-refractivity contribution < 1.29 is 0 Å². The Morgan fingerprint density at radius 1 is 1.05 bits per heavy atom. The molecule has 2 N–H and O–H groups in total. The van der Waals surface area contributed by atoms with Crippen molar-refractivity contribution in [3.63, 3.8) is 0 Å². The van der Waals surface area contributed by atoms with Crippen LogP contribution >= 0.6 is 23.2 Å². The van der Waals surface area contributed by atoms with Gasteiger partial charge in [-0.05, 0) is 41.7 Å². The molecule has 0 spiro atoms. The van der Waals surface area contributed by atoms with Crippen LogP contribution in [0.4, 0.5) is 0 Å². The highest BCUT2D eigenvalue weighted by Crippen LogP contribution is 2.29. The lowest BCUT2D eigenvalue weighted by atomic mass is 9.88. The maximum Gasteiger partial charge on any atom is 0.0451 e. The molecular weight excluding hydrogens is 315 g/mol. The van der Waals surface area contributed by atoms with E-state index in [-0.39, 0.29) is 6.04 Å². The van der Waals surface area contributed by atoms with Gasteiger partial charge in [-0.25, -0.2) is 0 Å². The van der Waals surface area contributed by atoms with E-state index in [9.17, 15) is 0 Å². The molecule has 0 bridgehead atoms. The molecule has 2 aromatic carbocycles. The molecule has 0 saturated carbocycles. The third-order valence-corrected chi connectivity index (χ3v) is 4.83. The largest absolute Gasteiger partial charge is 0.327 e. The van der Waals surface area contributed by atoms with Gasteiger partial charge in [0.15, 0.2) is 0 Å². The van der Waals surface area contributed by atoms with E-state index in [1.807, 2.05) is 30.3 Å². The summed E-state index contributed by atoms with van der Waals surface area (Å²) in [6.45, 7) is 2.73. The van der Waals surface area contributed by atoms with Gasteiger partial charge >= 0.3 is 0 Å². The zero-order valence-corrected chi connectivity index (χ0v) is 13.9. The molecule has 116 valence electrons. The number of rotatable bonds is 3. The molecule has 0 amide bonds. The Morgan fingerprint density at radius 3 is 2.64 bits per heavy atom. The molecule has 2 atom stereocenters. The lowest BCUT2D eigenvalue weighted by molar-refractivity contribution is 0.181. The first-order valence-electron chi connectivity index (χ1n) is 7.58. The number of piperidine rings is 1. The minimum absolute atomic E-state index is 0.181. The molecule has 2 unspecified atom stereocenters. The van der Waals surface area contributed by atoms with Crippen molar-refractivity contribution in [1.29, 1.82) is 0 Å². The predicted molar refractivity (Wildman–Crippen MR) is 93.5 cm³/mol. The van der Waals surface area contributed by atoms with Crippen molar-refractivity contribution in [2.75, 3.05) is 13.1 Å². The fraction of sp³-hybridized carbons (Fsp3) is 0.333. The Kier molecular flexibility index (Phi) is 5.04. The smallest absolute Gasteiger partial charge is 0.0451 e. The lowest BCUT2D eigenvalue weighted by Crippen LogP contribution is -2.45. The van der Waals surface area contributed by atoms with Crippen LogP contribution in [-0.2, 0) is 6.54 Å². The number of hydrogen-bond donors (Lipinski definition) is 1. The van der Waals surface area contributed by atoms with Gasteiger partial charge in [0, 0.05) is 35.7 Å². The van der Waals surface area contributed by atoms with E-state index in [4.69, 9.17) is 28.9 Å². The van der Waals surface area contributed by atoms with Gasteiger partial charge in [0.1, 0.15) is 0 Å². The molecule has 1 aliphatic heterocycles. The van der Waals surface area contributed by atoms with Gasteiger partial charge in [-0.15, -0.1) is 0 Å². The van der Waals surface area contributed by atoms with E-state index in [0.29, 0.717) is 5.92 Å². The highest BCUT2D eigenvalue weighted by atomic mass is 35.5. The summed E-state index contributed by atoms with van der Waals surface area (Å²) in [5, 5.41) is 1.61. The molecule has 0 radical (unpaired) electrons. The SMILES string of the molecule is NC1CC(c2cccc(Cl)c2)CN(Cc2ccccc2Cl)C1. The maximum absolute atomic E-state index is 6.28. The highest BCUT2D eigenvalue weighted by molar-refractivity contribution is 6.31. The van der Waals surface area contributed by atoms with E-state index >= 15 is 0 Å². The second-order valence-corrected chi connectivity index (χ2v) is 6.88. The van der Waals surface area contributed by atoms with Crippen molar-refractivity contribution in [2.24, 2.45) is 5.73 Å². The van der Waals surface area contributed by atoms with E-state index in [2.05, 4.69) is 23.1 Å². The van der Waals surface area contributed by atoms with Gasteiger partial charge in [-0.1, -0.05) is 53.5 Å². The number of benzene rings is 2. The summed E-state index contributed by atoms with van der Waals surface area (Å²) in [7, 11) is 0. The normalized spacial score (nSPS) is 22.7. The second kappa shape index (κ2) is 7.01. The van der Waals surface area contributed by atoms with Crippen LogP contribution in [0.2, 0.25) is 10.0 Å². The van der Waals surface area contributed by atoms with Gasteiger partial charge in [0.05, 0.1) is 0 Å². The molecule has 0 aliphatic carbocycles. The Labute approximate surface area is 141 Å². The van der Waals surface area contributed by atoms with Crippen LogP contribution in [0.15, 0.2) is 48.5 Å². The van der Waals surface area contributed by atoms with E-state index in [1.165, 1.54) is 5.56 Å². The van der Waals surface area contributed by atoms with Crippen LogP contribution in [-0.4, -0.2) is 24.0 Å². The zero-order chi connectivity index (χ0) is 15.5. The molecule has 22 heavy (non-hydrogen) atoms. The molecule has 1 saturated heterocycles. The molecule has 1 heterocycles. The average Bonchev–Trinajstić information content (AvgIpc) is 2.49. The molecule has 2 aromatic rings. The number of hydrogen-bond acceptors (Lipinski definition) is 2. The molecular formula is C18H20Cl2N2. The molecule has 1 aliphatic rings. The first-order valence-corrected chi connectivity index (χ1v) is 8.34. The summed E-state index contributed by atoms with van der Waals surface area (Å²) in [4.78, 5) is 2.39. The van der Waals surface area contributed by atoms with Gasteiger partial charge < -0.3 is 5.73 Å². The van der Waals surface area contributed by atoms with Gasteiger partial charge in [-0.3, -0.25) is 4.90 Å². The fourth-order valence-corrected chi connectivity index (χ4v) is 3.63. The van der Waals surface area contributed by atoms with E-state index in [0.717, 1.165) is 41.7 Å².